The number of benzene rings is 1. The van der Waals surface area contributed by atoms with Gasteiger partial charge in [-0.15, -0.1) is 23.1 Å². The number of rotatable bonds is 3. The van der Waals surface area contributed by atoms with Crippen LogP contribution < -0.4 is 5.32 Å². The average Bonchev–Trinajstić information content (AvgIpc) is 3.20. The van der Waals surface area contributed by atoms with E-state index in [0.29, 0.717) is 12.2 Å². The molecule has 1 aromatic heterocycles. The van der Waals surface area contributed by atoms with Crippen molar-refractivity contribution in [3.05, 3.63) is 18.2 Å². The predicted octanol–water partition coefficient (Wildman–Crippen LogP) is 3.41. The maximum absolute atomic E-state index is 12.7. The molecule has 1 aromatic carbocycles. The Morgan fingerprint density at radius 2 is 2.33 bits per heavy atom. The minimum atomic E-state index is -0.381. The number of carbonyl (C=O) groups is 2. The maximum atomic E-state index is 12.7. The molecule has 2 amide bonds. The summed E-state index contributed by atoms with van der Waals surface area (Å²) in [7, 11) is 0. The second-order valence-electron chi connectivity index (χ2n) is 6.12. The van der Waals surface area contributed by atoms with Crippen LogP contribution in [-0.4, -0.2) is 44.6 Å². The molecular weight excluding hydrogens is 362 g/mol. The van der Waals surface area contributed by atoms with Crippen LogP contribution in [-0.2, 0) is 9.59 Å². The van der Waals surface area contributed by atoms with E-state index >= 15 is 0 Å². The standard InChI is InChI=1S/C16H17N3O2S3/c1-16-6-5-13(20)19(16)11(8-23-16)14(21)17-9-3-4-10-12(7-9)24-15(18-10)22-2/h3-4,7,11H,5-6,8H2,1-2H3,(H,17,21). The van der Waals surface area contributed by atoms with Crippen LogP contribution in [0.25, 0.3) is 10.2 Å². The lowest BCUT2D eigenvalue weighted by atomic mass is 10.2. The molecule has 2 aromatic rings. The molecule has 2 unspecified atom stereocenters. The Hall–Kier alpha value is -1.25. The third-order valence-corrected chi connectivity index (χ3v) is 8.07. The summed E-state index contributed by atoms with van der Waals surface area (Å²) in [6.45, 7) is 2.06. The van der Waals surface area contributed by atoms with E-state index < -0.39 is 0 Å². The third kappa shape index (κ3) is 2.60. The second kappa shape index (κ2) is 5.93. The second-order valence-corrected chi connectivity index (χ2v) is 9.71. The van der Waals surface area contributed by atoms with Crippen molar-refractivity contribution >= 4 is 62.6 Å². The Labute approximate surface area is 152 Å². The van der Waals surface area contributed by atoms with Gasteiger partial charge in [0.2, 0.25) is 11.8 Å². The predicted molar refractivity (Wildman–Crippen MR) is 101 cm³/mol. The summed E-state index contributed by atoms with van der Waals surface area (Å²) >= 11 is 4.94. The zero-order chi connectivity index (χ0) is 16.9. The summed E-state index contributed by atoms with van der Waals surface area (Å²) in [4.78, 5) is 30.9. The van der Waals surface area contributed by atoms with Crippen molar-refractivity contribution in [2.24, 2.45) is 0 Å². The first-order valence-corrected chi connectivity index (χ1v) is 10.7. The SMILES string of the molecule is CSc1nc2ccc(NC(=O)C3CSC4(C)CCC(=O)N34)cc2s1. The fourth-order valence-corrected chi connectivity index (χ4v) is 6.27. The topological polar surface area (TPSA) is 62.3 Å². The fourth-order valence-electron chi connectivity index (χ4n) is 3.31. The molecule has 126 valence electrons. The summed E-state index contributed by atoms with van der Waals surface area (Å²) in [5, 5.41) is 2.98. The van der Waals surface area contributed by atoms with Crippen LogP contribution >= 0.6 is 34.9 Å². The Kier molecular flexibility index (Phi) is 4.01. The van der Waals surface area contributed by atoms with Crippen LogP contribution in [0.4, 0.5) is 5.69 Å². The first kappa shape index (κ1) is 16.2. The molecule has 2 fully saturated rings. The van der Waals surface area contributed by atoms with Crippen LogP contribution in [0.1, 0.15) is 19.8 Å². The number of carbonyl (C=O) groups excluding carboxylic acids is 2. The summed E-state index contributed by atoms with van der Waals surface area (Å²) in [6, 6.07) is 5.37. The Bertz CT molecular complexity index is 837. The quantitative estimate of drug-likeness (QED) is 0.828. The van der Waals surface area contributed by atoms with Crippen molar-refractivity contribution in [2.45, 2.75) is 35.0 Å². The lowest BCUT2D eigenvalue weighted by Gasteiger charge is -2.29. The molecule has 8 heteroatoms. The molecule has 2 saturated heterocycles. The number of thioether (sulfide) groups is 2. The van der Waals surface area contributed by atoms with Gasteiger partial charge in [-0.25, -0.2) is 4.98 Å². The summed E-state index contributed by atoms with van der Waals surface area (Å²) in [5.41, 5.74) is 1.70. The van der Waals surface area contributed by atoms with Crippen LogP contribution in [0, 0.1) is 0 Å². The molecule has 0 aliphatic carbocycles. The Balaban J connectivity index is 1.55. The monoisotopic (exact) mass is 379 g/mol. The number of fused-ring (bicyclic) bond motifs is 2. The van der Waals surface area contributed by atoms with E-state index in [1.165, 1.54) is 0 Å². The van der Waals surface area contributed by atoms with E-state index in [-0.39, 0.29) is 22.7 Å². The molecule has 0 spiro atoms. The molecule has 4 rings (SSSR count). The zero-order valence-corrected chi connectivity index (χ0v) is 15.8. The lowest BCUT2D eigenvalue weighted by Crippen LogP contribution is -2.48. The molecule has 5 nitrogen and oxygen atoms in total. The van der Waals surface area contributed by atoms with E-state index in [2.05, 4.69) is 17.2 Å². The zero-order valence-electron chi connectivity index (χ0n) is 13.4. The minimum Gasteiger partial charge on any atom is -0.324 e. The Morgan fingerprint density at radius 3 is 3.12 bits per heavy atom. The number of hydrogen-bond donors (Lipinski definition) is 1. The van der Waals surface area contributed by atoms with Crippen LogP contribution in [0.15, 0.2) is 22.5 Å². The van der Waals surface area contributed by atoms with Gasteiger partial charge in [0.1, 0.15) is 6.04 Å². The summed E-state index contributed by atoms with van der Waals surface area (Å²) in [6.07, 6.45) is 3.37. The van der Waals surface area contributed by atoms with Crippen LogP contribution in [0.3, 0.4) is 0 Å². The third-order valence-electron chi connectivity index (χ3n) is 4.56. The number of nitrogens with zero attached hydrogens (tertiary/aromatic N) is 2. The highest BCUT2D eigenvalue weighted by molar-refractivity contribution is 8.01. The molecular formula is C16H17N3O2S3. The number of thiazole rings is 1. The first-order valence-electron chi connectivity index (χ1n) is 7.72. The molecule has 0 radical (unpaired) electrons. The molecule has 2 aliphatic heterocycles. The first-order chi connectivity index (χ1) is 11.5. The fraction of sp³-hybridized carbons (Fsp3) is 0.438. The van der Waals surface area contributed by atoms with Gasteiger partial charge in [0.15, 0.2) is 4.34 Å². The number of hydrogen-bond acceptors (Lipinski definition) is 6. The molecule has 0 bridgehead atoms. The van der Waals surface area contributed by atoms with E-state index in [9.17, 15) is 9.59 Å². The van der Waals surface area contributed by atoms with E-state index in [4.69, 9.17) is 0 Å². The van der Waals surface area contributed by atoms with Gasteiger partial charge >= 0.3 is 0 Å². The van der Waals surface area contributed by atoms with Crippen LogP contribution in [0.2, 0.25) is 0 Å². The van der Waals surface area contributed by atoms with Gasteiger partial charge in [0.25, 0.3) is 0 Å². The Morgan fingerprint density at radius 1 is 1.50 bits per heavy atom. The van der Waals surface area contributed by atoms with Gasteiger partial charge in [0, 0.05) is 17.9 Å². The molecule has 24 heavy (non-hydrogen) atoms. The van der Waals surface area contributed by atoms with Gasteiger partial charge in [-0.3, -0.25) is 9.59 Å². The highest BCUT2D eigenvalue weighted by Crippen LogP contribution is 2.47. The van der Waals surface area contributed by atoms with Gasteiger partial charge < -0.3 is 10.2 Å². The van der Waals surface area contributed by atoms with E-state index in [1.54, 1.807) is 39.8 Å². The number of amides is 2. The normalized spacial score (nSPS) is 26.2. The molecule has 0 saturated carbocycles. The highest BCUT2D eigenvalue weighted by atomic mass is 32.2. The molecule has 3 heterocycles. The lowest BCUT2D eigenvalue weighted by molar-refractivity contribution is -0.135. The van der Waals surface area contributed by atoms with Gasteiger partial charge in [-0.05, 0) is 37.8 Å². The van der Waals surface area contributed by atoms with E-state index in [1.807, 2.05) is 24.5 Å². The van der Waals surface area contributed by atoms with Crippen molar-refractivity contribution < 1.29 is 9.59 Å². The summed E-state index contributed by atoms with van der Waals surface area (Å²) < 4.78 is 2.07. The molecule has 2 atom stereocenters. The average molecular weight is 380 g/mol. The number of nitrogens with one attached hydrogen (secondary N) is 1. The van der Waals surface area contributed by atoms with Crippen molar-refractivity contribution in [1.29, 1.82) is 0 Å². The van der Waals surface area contributed by atoms with Crippen molar-refractivity contribution in [1.82, 2.24) is 9.88 Å². The van der Waals surface area contributed by atoms with Gasteiger partial charge in [0.05, 0.1) is 15.1 Å². The molecule has 2 aliphatic rings. The van der Waals surface area contributed by atoms with Crippen molar-refractivity contribution in [2.75, 3.05) is 17.3 Å². The maximum Gasteiger partial charge on any atom is 0.248 e. The van der Waals surface area contributed by atoms with Crippen LogP contribution in [0.5, 0.6) is 0 Å². The van der Waals surface area contributed by atoms with E-state index in [0.717, 1.165) is 26.7 Å². The highest BCUT2D eigenvalue weighted by Gasteiger charge is 2.52. The minimum absolute atomic E-state index is 0.0881. The van der Waals surface area contributed by atoms with Crippen molar-refractivity contribution in [3.63, 3.8) is 0 Å². The summed E-state index contributed by atoms with van der Waals surface area (Å²) in [5.74, 6) is 0.647. The number of anilines is 1. The van der Waals surface area contributed by atoms with Gasteiger partial charge in [-0.1, -0.05) is 11.8 Å². The molecule has 1 N–H and O–H groups in total. The smallest absolute Gasteiger partial charge is 0.248 e. The van der Waals surface area contributed by atoms with Gasteiger partial charge in [-0.2, -0.15) is 0 Å². The number of aromatic nitrogens is 1. The van der Waals surface area contributed by atoms with Crippen molar-refractivity contribution in [3.8, 4) is 0 Å². The largest absolute Gasteiger partial charge is 0.324 e.